The molecule has 0 aromatic carbocycles. The van der Waals surface area contributed by atoms with Crippen LogP contribution in [0.2, 0.25) is 0 Å². The van der Waals surface area contributed by atoms with Gasteiger partial charge in [0, 0.05) is 26.2 Å². The number of rotatable bonds is 4. The number of hydrogen-bond donors (Lipinski definition) is 0. The maximum atomic E-state index is 5.59. The summed E-state index contributed by atoms with van der Waals surface area (Å²) in [7, 11) is 1.79. The number of piperidine rings is 1. The van der Waals surface area contributed by atoms with Crippen molar-refractivity contribution in [2.75, 3.05) is 26.8 Å². The molecule has 1 saturated heterocycles. The van der Waals surface area contributed by atoms with Gasteiger partial charge in [-0.1, -0.05) is 0 Å². The number of ether oxygens (including phenoxy) is 1. The predicted octanol–water partition coefficient (Wildman–Crippen LogP) is 2.24. The van der Waals surface area contributed by atoms with E-state index in [0.29, 0.717) is 12.6 Å². The molecular weight excluding hydrogens is 293 g/mol. The van der Waals surface area contributed by atoms with E-state index >= 15 is 0 Å². The summed E-state index contributed by atoms with van der Waals surface area (Å²) in [5.41, 5.74) is -0.0351. The Bertz CT molecular complexity index is 168. The summed E-state index contributed by atoms with van der Waals surface area (Å²) in [6.45, 7) is 7.43. The van der Waals surface area contributed by atoms with Crippen molar-refractivity contribution in [3.8, 4) is 0 Å². The van der Waals surface area contributed by atoms with Crippen LogP contribution in [0.25, 0.3) is 0 Å². The summed E-state index contributed by atoms with van der Waals surface area (Å²) in [6.07, 6.45) is 2.15. The van der Waals surface area contributed by atoms with Gasteiger partial charge < -0.3 is 12.7 Å². The van der Waals surface area contributed by atoms with Gasteiger partial charge in [-0.25, -0.2) is 0 Å². The van der Waals surface area contributed by atoms with Crippen molar-refractivity contribution in [1.82, 2.24) is 4.90 Å². The first kappa shape index (κ1) is 12.7. The molecule has 0 N–H and O–H groups in total. The zero-order valence-corrected chi connectivity index (χ0v) is 11.4. The molecule has 1 rings (SSSR count). The van der Waals surface area contributed by atoms with E-state index in [9.17, 15) is 0 Å². The lowest BCUT2D eigenvalue weighted by Crippen LogP contribution is -2.49. The van der Waals surface area contributed by atoms with Crippen LogP contribution < -0.4 is 0 Å². The fourth-order valence-electron chi connectivity index (χ4n) is 1.95. The largest absolute Gasteiger partial charge is 0.376 e. The fraction of sp³-hybridized carbons (Fsp3) is 1.00. The van der Waals surface area contributed by atoms with Gasteiger partial charge in [0.1, 0.15) is 23.0 Å². The van der Waals surface area contributed by atoms with Gasteiger partial charge in [0.2, 0.25) is 0 Å². The third kappa shape index (κ3) is 3.05. The van der Waals surface area contributed by atoms with Gasteiger partial charge in [0.05, 0.1) is 12.2 Å². The predicted molar refractivity (Wildman–Crippen MR) is 65.7 cm³/mol. The highest BCUT2D eigenvalue weighted by molar-refractivity contribution is 14.1. The highest BCUT2D eigenvalue weighted by Crippen LogP contribution is 2.27. The summed E-state index contributed by atoms with van der Waals surface area (Å²) in [5.74, 6) is 0. The first-order chi connectivity index (χ1) is 6.63. The molecule has 3 nitrogen and oxygen atoms in total. The monoisotopic (exact) mass is 313 g/mol. The van der Waals surface area contributed by atoms with Crippen LogP contribution in [0.1, 0.15) is 26.7 Å². The van der Waals surface area contributed by atoms with Gasteiger partial charge in [-0.2, -0.15) is 0 Å². The Labute approximate surface area is 101 Å². The number of hydrogen-bond acceptors (Lipinski definition) is 3. The lowest BCUT2D eigenvalue weighted by Gasteiger charge is -2.41. The van der Waals surface area contributed by atoms with Gasteiger partial charge in [-0.3, -0.25) is 0 Å². The van der Waals surface area contributed by atoms with E-state index in [-0.39, 0.29) is 5.60 Å². The second-order valence-electron chi connectivity index (χ2n) is 4.27. The average Bonchev–Trinajstić information content (AvgIpc) is 2.19. The molecule has 0 aliphatic carbocycles. The third-order valence-electron chi connectivity index (χ3n) is 3.19. The average molecular weight is 313 g/mol. The van der Waals surface area contributed by atoms with E-state index in [1.807, 2.05) is 23.0 Å². The molecule has 1 aliphatic rings. The summed E-state index contributed by atoms with van der Waals surface area (Å²) in [4.78, 5) is 2.49. The number of likely N-dealkylation sites (tertiary alicyclic amines) is 1. The highest BCUT2D eigenvalue weighted by Gasteiger charge is 2.35. The van der Waals surface area contributed by atoms with Crippen molar-refractivity contribution in [3.05, 3.63) is 0 Å². The Balaban J connectivity index is 2.46. The molecule has 1 fully saturated rings. The summed E-state index contributed by atoms with van der Waals surface area (Å²) >= 11 is 1.95. The van der Waals surface area contributed by atoms with Gasteiger partial charge in [-0.15, -0.1) is 0 Å². The lowest BCUT2D eigenvalue weighted by atomic mass is 9.91. The molecule has 1 heterocycles. The summed E-state index contributed by atoms with van der Waals surface area (Å²) < 4.78 is 10.8. The molecule has 1 aliphatic heterocycles. The van der Waals surface area contributed by atoms with Crippen LogP contribution in [0.3, 0.4) is 0 Å². The van der Waals surface area contributed by atoms with Crippen molar-refractivity contribution in [1.29, 1.82) is 0 Å². The zero-order valence-electron chi connectivity index (χ0n) is 9.25. The van der Waals surface area contributed by atoms with Crippen LogP contribution in [-0.4, -0.2) is 43.3 Å². The molecule has 0 aromatic heterocycles. The Morgan fingerprint density at radius 2 is 1.93 bits per heavy atom. The van der Waals surface area contributed by atoms with Crippen LogP contribution in [-0.2, 0) is 7.80 Å². The van der Waals surface area contributed by atoms with Crippen LogP contribution >= 0.6 is 23.0 Å². The molecule has 14 heavy (non-hydrogen) atoms. The molecule has 0 aromatic rings. The van der Waals surface area contributed by atoms with Gasteiger partial charge in [-0.05, 0) is 26.7 Å². The number of methoxy groups -OCH3 is 1. The Hall–Kier alpha value is 0.610. The maximum absolute atomic E-state index is 5.59. The number of nitrogens with zero attached hydrogens (tertiary/aromatic N) is 1. The minimum absolute atomic E-state index is 0.0351. The Morgan fingerprint density at radius 3 is 2.29 bits per heavy atom. The minimum atomic E-state index is -0.0351. The molecular formula is C10H20INO2. The van der Waals surface area contributed by atoms with Gasteiger partial charge in [0.15, 0.2) is 0 Å². The van der Waals surface area contributed by atoms with Crippen LogP contribution in [0.15, 0.2) is 0 Å². The summed E-state index contributed by atoms with van der Waals surface area (Å²) in [5, 5.41) is 0. The van der Waals surface area contributed by atoms with Gasteiger partial charge in [0.25, 0.3) is 0 Å². The van der Waals surface area contributed by atoms with E-state index in [4.69, 9.17) is 7.80 Å². The quantitative estimate of drug-likeness (QED) is 0.743. The first-order valence-corrected chi connectivity index (χ1v) is 6.04. The smallest absolute Gasteiger partial charge is 0.109 e. The van der Waals surface area contributed by atoms with Crippen LogP contribution in [0.5, 0.6) is 0 Å². The Morgan fingerprint density at radius 1 is 1.36 bits per heavy atom. The first-order valence-electron chi connectivity index (χ1n) is 5.16. The van der Waals surface area contributed by atoms with Crippen molar-refractivity contribution >= 4 is 23.0 Å². The van der Waals surface area contributed by atoms with E-state index in [2.05, 4.69) is 18.7 Å². The van der Waals surface area contributed by atoms with E-state index < -0.39 is 0 Å². The molecule has 0 atom stereocenters. The van der Waals surface area contributed by atoms with Crippen LogP contribution in [0, 0.1) is 0 Å². The fourth-order valence-corrected chi connectivity index (χ4v) is 2.52. The Kier molecular flexibility index (Phi) is 5.10. The van der Waals surface area contributed by atoms with Gasteiger partial charge >= 0.3 is 0 Å². The molecule has 4 heteroatoms. The van der Waals surface area contributed by atoms with Crippen molar-refractivity contribution < 1.29 is 7.80 Å². The van der Waals surface area contributed by atoms with E-state index in [0.717, 1.165) is 25.9 Å². The molecule has 0 unspecified atom stereocenters. The second-order valence-corrected chi connectivity index (χ2v) is 4.89. The maximum Gasteiger partial charge on any atom is 0.109 e. The van der Waals surface area contributed by atoms with Crippen molar-refractivity contribution in [3.63, 3.8) is 0 Å². The molecule has 0 bridgehead atoms. The SMILES string of the molecule is COC1(COI)CCN(C(C)C)CC1. The van der Waals surface area contributed by atoms with Crippen molar-refractivity contribution in [2.24, 2.45) is 0 Å². The normalized spacial score (nSPS) is 22.9. The standard InChI is InChI=1S/C10H20INO2/c1-9(2)12-6-4-10(13-3,5-7-12)8-14-11/h9H,4-8H2,1-3H3. The molecule has 0 radical (unpaired) electrons. The van der Waals surface area contributed by atoms with E-state index in [1.165, 1.54) is 0 Å². The molecule has 0 saturated carbocycles. The third-order valence-corrected chi connectivity index (χ3v) is 3.50. The summed E-state index contributed by atoms with van der Waals surface area (Å²) in [6, 6.07) is 0.644. The molecule has 0 amide bonds. The lowest BCUT2D eigenvalue weighted by molar-refractivity contribution is -0.0794. The molecule has 0 spiro atoms. The molecule has 84 valence electrons. The topological polar surface area (TPSA) is 21.7 Å². The highest BCUT2D eigenvalue weighted by atomic mass is 127. The van der Waals surface area contributed by atoms with E-state index in [1.54, 1.807) is 7.11 Å². The van der Waals surface area contributed by atoms with Crippen molar-refractivity contribution in [2.45, 2.75) is 38.3 Å². The minimum Gasteiger partial charge on any atom is -0.376 e. The zero-order chi connectivity index (χ0) is 10.6. The second kappa shape index (κ2) is 5.63. The van der Waals surface area contributed by atoms with Crippen LogP contribution in [0.4, 0.5) is 0 Å². The number of halogens is 1.